The van der Waals surface area contributed by atoms with Gasteiger partial charge in [0.25, 0.3) is 0 Å². The summed E-state index contributed by atoms with van der Waals surface area (Å²) in [4.78, 5) is 18.2. The summed E-state index contributed by atoms with van der Waals surface area (Å²) in [5, 5.41) is 2.87. The SMILES string of the molecule is CCCCCC(Br)C(Br)CC(Br)C(Br)CCCCCCCC(=O)Nc1ccc(C)cn1. The number of pyridine rings is 1. The second kappa shape index (κ2) is 17.9. The van der Waals surface area contributed by atoms with E-state index < -0.39 is 0 Å². The van der Waals surface area contributed by atoms with E-state index >= 15 is 0 Å². The summed E-state index contributed by atoms with van der Waals surface area (Å²) >= 11 is 15.5. The Balaban J connectivity index is 2.06. The van der Waals surface area contributed by atoms with E-state index in [-0.39, 0.29) is 5.91 Å². The second-order valence-corrected chi connectivity index (χ2v) is 13.1. The number of rotatable bonds is 17. The Morgan fingerprint density at radius 1 is 0.871 bits per heavy atom. The Hall–Kier alpha value is 0.540. The average molecular weight is 690 g/mol. The fraction of sp³-hybridized carbons (Fsp3) is 0.750. The Bertz CT molecular complexity index is 600. The lowest BCUT2D eigenvalue weighted by Crippen LogP contribution is -2.23. The van der Waals surface area contributed by atoms with Gasteiger partial charge < -0.3 is 5.32 Å². The molecule has 0 aliphatic carbocycles. The molecule has 31 heavy (non-hydrogen) atoms. The van der Waals surface area contributed by atoms with Gasteiger partial charge >= 0.3 is 0 Å². The number of carbonyl (C=O) groups is 1. The number of nitrogens with one attached hydrogen (secondary N) is 1. The van der Waals surface area contributed by atoms with E-state index in [0.717, 1.165) is 24.8 Å². The van der Waals surface area contributed by atoms with E-state index in [0.29, 0.717) is 31.5 Å². The summed E-state index contributed by atoms with van der Waals surface area (Å²) in [6, 6.07) is 3.81. The van der Waals surface area contributed by atoms with Crippen molar-refractivity contribution in [2.75, 3.05) is 5.32 Å². The lowest BCUT2D eigenvalue weighted by Gasteiger charge is -2.23. The molecule has 7 heteroatoms. The van der Waals surface area contributed by atoms with Crippen molar-refractivity contribution in [1.29, 1.82) is 0 Å². The maximum Gasteiger partial charge on any atom is 0.225 e. The van der Waals surface area contributed by atoms with Crippen molar-refractivity contribution in [3.63, 3.8) is 0 Å². The van der Waals surface area contributed by atoms with Crippen LogP contribution in [0.25, 0.3) is 0 Å². The molecule has 1 amide bonds. The van der Waals surface area contributed by atoms with Gasteiger partial charge in [-0.1, -0.05) is 122 Å². The molecule has 3 nitrogen and oxygen atoms in total. The highest BCUT2D eigenvalue weighted by Crippen LogP contribution is 2.31. The molecule has 1 aromatic heterocycles. The van der Waals surface area contributed by atoms with Crippen LogP contribution in [0.1, 0.15) is 89.5 Å². The van der Waals surface area contributed by atoms with Crippen LogP contribution >= 0.6 is 63.7 Å². The van der Waals surface area contributed by atoms with Crippen molar-refractivity contribution in [3.05, 3.63) is 23.9 Å². The van der Waals surface area contributed by atoms with Crippen LogP contribution in [-0.2, 0) is 4.79 Å². The largest absolute Gasteiger partial charge is 0.311 e. The molecule has 0 bridgehead atoms. The third kappa shape index (κ3) is 14.4. The standard InChI is InChI=1S/C24H38Br4N2O/c1-3-4-8-11-19(25)21(27)16-22(28)20(26)12-9-6-5-7-10-13-24(31)30-23-15-14-18(2)17-29-23/h14-15,17,19-22H,3-13,16H2,1-2H3,(H,29,30,31). The van der Waals surface area contributed by atoms with Gasteiger partial charge in [-0.2, -0.15) is 0 Å². The number of aryl methyl sites for hydroxylation is 1. The Kier molecular flexibility index (Phi) is 17.1. The first kappa shape index (κ1) is 29.6. The van der Waals surface area contributed by atoms with Crippen molar-refractivity contribution in [1.82, 2.24) is 4.98 Å². The van der Waals surface area contributed by atoms with Crippen molar-refractivity contribution < 1.29 is 4.79 Å². The van der Waals surface area contributed by atoms with Crippen LogP contribution in [0.2, 0.25) is 0 Å². The van der Waals surface area contributed by atoms with Crippen molar-refractivity contribution in [2.24, 2.45) is 0 Å². The summed E-state index contributed by atoms with van der Waals surface area (Å²) in [6.45, 7) is 4.24. The highest BCUT2D eigenvalue weighted by molar-refractivity contribution is 9.13. The molecule has 4 unspecified atom stereocenters. The van der Waals surface area contributed by atoms with Crippen molar-refractivity contribution in [3.8, 4) is 0 Å². The molecular weight excluding hydrogens is 652 g/mol. The number of aromatic nitrogens is 1. The average Bonchev–Trinajstić information content (AvgIpc) is 2.74. The van der Waals surface area contributed by atoms with Crippen molar-refractivity contribution >= 4 is 75.4 Å². The zero-order chi connectivity index (χ0) is 23.1. The van der Waals surface area contributed by atoms with Gasteiger partial charge in [0, 0.05) is 31.9 Å². The monoisotopic (exact) mass is 686 g/mol. The molecule has 0 aromatic carbocycles. The predicted molar refractivity (Wildman–Crippen MR) is 150 cm³/mol. The molecule has 1 heterocycles. The van der Waals surface area contributed by atoms with Gasteiger partial charge in [-0.05, 0) is 44.2 Å². The maximum atomic E-state index is 12.0. The molecule has 1 N–H and O–H groups in total. The normalized spacial score (nSPS) is 15.3. The molecule has 0 saturated heterocycles. The number of hydrogen-bond acceptors (Lipinski definition) is 2. The minimum Gasteiger partial charge on any atom is -0.311 e. The molecule has 4 atom stereocenters. The van der Waals surface area contributed by atoms with Gasteiger partial charge in [-0.25, -0.2) is 4.98 Å². The zero-order valence-corrected chi connectivity index (χ0v) is 25.2. The summed E-state index contributed by atoms with van der Waals surface area (Å²) in [5.74, 6) is 0.698. The molecule has 178 valence electrons. The Morgan fingerprint density at radius 2 is 1.45 bits per heavy atom. The minimum absolute atomic E-state index is 0.0584. The first-order chi connectivity index (χ1) is 14.8. The summed E-state index contributed by atoms with van der Waals surface area (Å²) in [5.41, 5.74) is 1.09. The molecule has 1 rings (SSSR count). The molecule has 0 radical (unpaired) electrons. The Morgan fingerprint density at radius 3 is 2.03 bits per heavy atom. The van der Waals surface area contributed by atoms with Crippen LogP contribution in [0, 0.1) is 6.92 Å². The highest BCUT2D eigenvalue weighted by Gasteiger charge is 2.23. The number of amides is 1. The first-order valence-corrected chi connectivity index (χ1v) is 15.3. The smallest absolute Gasteiger partial charge is 0.225 e. The van der Waals surface area contributed by atoms with Gasteiger partial charge in [0.1, 0.15) is 5.82 Å². The third-order valence-electron chi connectivity index (χ3n) is 5.38. The zero-order valence-electron chi connectivity index (χ0n) is 18.9. The van der Waals surface area contributed by atoms with Gasteiger partial charge in [0.05, 0.1) is 0 Å². The molecule has 0 fully saturated rings. The number of anilines is 1. The molecule has 0 aliphatic heterocycles. The van der Waals surface area contributed by atoms with E-state index in [4.69, 9.17) is 0 Å². The van der Waals surface area contributed by atoms with Crippen LogP contribution in [0.4, 0.5) is 5.82 Å². The van der Waals surface area contributed by atoms with Gasteiger partial charge in [0.2, 0.25) is 5.91 Å². The molecule has 0 spiro atoms. The van der Waals surface area contributed by atoms with E-state index in [9.17, 15) is 4.79 Å². The Labute approximate surface area is 223 Å². The van der Waals surface area contributed by atoms with Crippen LogP contribution in [0.5, 0.6) is 0 Å². The third-order valence-corrected chi connectivity index (χ3v) is 11.0. The number of nitrogens with zero attached hydrogens (tertiary/aromatic N) is 1. The number of halogens is 4. The maximum absolute atomic E-state index is 12.0. The number of hydrogen-bond donors (Lipinski definition) is 1. The fourth-order valence-electron chi connectivity index (χ4n) is 3.36. The second-order valence-electron chi connectivity index (χ2n) is 8.37. The quantitative estimate of drug-likeness (QED) is 0.131. The summed E-state index contributed by atoms with van der Waals surface area (Å²) < 4.78 is 0. The topological polar surface area (TPSA) is 42.0 Å². The number of unbranched alkanes of at least 4 members (excludes halogenated alkanes) is 6. The predicted octanol–water partition coefficient (Wildman–Crippen LogP) is 9.08. The van der Waals surface area contributed by atoms with E-state index in [1.165, 1.54) is 51.4 Å². The fourth-order valence-corrected chi connectivity index (χ4v) is 6.28. The lowest BCUT2D eigenvalue weighted by molar-refractivity contribution is -0.116. The minimum atomic E-state index is 0.0584. The highest BCUT2D eigenvalue weighted by atomic mass is 79.9. The van der Waals surface area contributed by atoms with Gasteiger partial charge in [0.15, 0.2) is 0 Å². The van der Waals surface area contributed by atoms with E-state index in [1.54, 1.807) is 6.20 Å². The van der Waals surface area contributed by atoms with Gasteiger partial charge in [-0.15, -0.1) is 0 Å². The number of carbonyl (C=O) groups excluding carboxylic acids is 1. The number of alkyl halides is 4. The summed E-state index contributed by atoms with van der Waals surface area (Å²) in [6.07, 6.45) is 15.4. The summed E-state index contributed by atoms with van der Waals surface area (Å²) in [7, 11) is 0. The van der Waals surface area contributed by atoms with Crippen LogP contribution in [0.3, 0.4) is 0 Å². The van der Waals surface area contributed by atoms with Crippen molar-refractivity contribution in [2.45, 2.75) is 110 Å². The van der Waals surface area contributed by atoms with Crippen LogP contribution < -0.4 is 5.32 Å². The molecular formula is C24H38Br4N2O. The van der Waals surface area contributed by atoms with E-state index in [1.807, 2.05) is 19.1 Å². The van der Waals surface area contributed by atoms with Crippen LogP contribution in [0.15, 0.2) is 18.3 Å². The lowest BCUT2D eigenvalue weighted by atomic mass is 10.0. The molecule has 1 aromatic rings. The molecule has 0 aliphatic rings. The van der Waals surface area contributed by atoms with Crippen LogP contribution in [-0.4, -0.2) is 30.2 Å². The molecule has 0 saturated carbocycles. The first-order valence-electron chi connectivity index (χ1n) is 11.6. The van der Waals surface area contributed by atoms with Gasteiger partial charge in [-0.3, -0.25) is 4.79 Å². The van der Waals surface area contributed by atoms with E-state index in [2.05, 4.69) is 80.9 Å².